The van der Waals surface area contributed by atoms with Gasteiger partial charge in [-0.25, -0.2) is 0 Å². The number of nitrogens with zero attached hydrogens (tertiary/aromatic N) is 12. The summed E-state index contributed by atoms with van der Waals surface area (Å²) in [6, 6.07) is 16.6. The van der Waals surface area contributed by atoms with E-state index >= 15 is 0 Å². The van der Waals surface area contributed by atoms with Gasteiger partial charge in [0.05, 0.1) is 36.5 Å². The topological polar surface area (TPSA) is 361 Å². The van der Waals surface area contributed by atoms with Crippen LogP contribution >= 0.6 is 53.6 Å². The maximum absolute atomic E-state index is 14.0. The average molecular weight is 1380 g/mol. The number of hydrogen-bond donors (Lipinski definition) is 4. The second-order valence-corrected chi connectivity index (χ2v) is 34.1. The molecule has 0 amide bonds. The Labute approximate surface area is 530 Å². The molecule has 2 aromatic carbocycles. The molecule has 0 radical (unpaired) electrons. The molecule has 4 N–H and O–H groups in total. The quantitative estimate of drug-likeness (QED) is 0.0408. The Hall–Kier alpha value is -4.06. The maximum atomic E-state index is 14.0. The molecule has 3 saturated heterocycles. The van der Waals surface area contributed by atoms with Crippen LogP contribution in [0, 0.1) is 0 Å². The highest BCUT2D eigenvalue weighted by molar-refractivity contribution is 7.71. The van der Waals surface area contributed by atoms with Crippen molar-refractivity contribution in [2.24, 2.45) is 0 Å². The zero-order chi connectivity index (χ0) is 64.6. The van der Waals surface area contributed by atoms with Crippen molar-refractivity contribution < 1.29 is 84.4 Å². The zero-order valence-corrected chi connectivity index (χ0v) is 56.1. The van der Waals surface area contributed by atoms with Gasteiger partial charge in [-0.15, -0.1) is 10.2 Å². The number of fused-ring (bicyclic) bond motifs is 5. The minimum absolute atomic E-state index is 0. The maximum Gasteiger partial charge on any atom is 0.343 e. The summed E-state index contributed by atoms with van der Waals surface area (Å²) in [5.41, 5.74) is 4.45. The summed E-state index contributed by atoms with van der Waals surface area (Å²) in [5, 5.41) is 38.4. The van der Waals surface area contributed by atoms with Crippen LogP contribution in [-0.4, -0.2) is 177 Å². The van der Waals surface area contributed by atoms with E-state index in [1.54, 1.807) is 55.4 Å². The predicted molar refractivity (Wildman–Crippen MR) is 331 cm³/mol. The van der Waals surface area contributed by atoms with Crippen molar-refractivity contribution in [3.63, 3.8) is 0 Å². The molecule has 0 spiro atoms. The van der Waals surface area contributed by atoms with Gasteiger partial charge in [-0.1, -0.05) is 66.4 Å². The van der Waals surface area contributed by atoms with Gasteiger partial charge < -0.3 is 75.9 Å². The van der Waals surface area contributed by atoms with Crippen LogP contribution in [-0.2, 0) is 77.2 Å². The molecule has 11 rings (SSSR count). The van der Waals surface area contributed by atoms with Crippen molar-refractivity contribution in [3.05, 3.63) is 81.4 Å². The molecule has 2 unspecified atom stereocenters. The summed E-state index contributed by atoms with van der Waals surface area (Å²) in [7, 11) is -11.0. The summed E-state index contributed by atoms with van der Waals surface area (Å²) in [5.74, 6) is -1.79. The highest BCUT2D eigenvalue weighted by Gasteiger charge is 2.58. The van der Waals surface area contributed by atoms with Crippen LogP contribution in [0.2, 0.25) is 10.6 Å². The van der Waals surface area contributed by atoms with Crippen LogP contribution in [0.15, 0.2) is 48.5 Å². The molecule has 6 aromatic rings. The summed E-state index contributed by atoms with van der Waals surface area (Å²) in [6.07, 6.45) is -5.02. The molecule has 3 aliphatic heterocycles. The molecule has 4 aromatic heterocycles. The lowest BCUT2D eigenvalue weighted by molar-refractivity contribution is -0.200. The molecular formula is C54H78Cl2N12O18P4. The molecule has 0 bridgehead atoms. The molecule has 30 nitrogen and oxygen atoms in total. The van der Waals surface area contributed by atoms with Gasteiger partial charge >= 0.3 is 30.4 Å². The van der Waals surface area contributed by atoms with Gasteiger partial charge in [-0.3, -0.25) is 18.3 Å². The normalized spacial score (nSPS) is 26.1. The van der Waals surface area contributed by atoms with Gasteiger partial charge in [0.25, 0.3) is 0 Å². The predicted octanol–water partition coefficient (Wildman–Crippen LogP) is 9.30. The van der Waals surface area contributed by atoms with Gasteiger partial charge in [0.15, 0.2) is 64.0 Å². The number of benzene rings is 2. The number of rotatable bonds is 20. The number of aliphatic hydroxyl groups is 2. The lowest BCUT2D eigenvalue weighted by atomic mass is 10.1. The fourth-order valence-corrected chi connectivity index (χ4v) is 20.2. The molecule has 7 heterocycles. The first-order valence-corrected chi connectivity index (χ1v) is 36.2. The molecule has 36 heteroatoms. The van der Waals surface area contributed by atoms with Gasteiger partial charge in [0.2, 0.25) is 10.6 Å². The molecule has 5 aliphatic rings. The Balaban J connectivity index is 0.000000217. The van der Waals surface area contributed by atoms with E-state index in [4.69, 9.17) is 74.6 Å². The molecule has 3 fully saturated rings. The van der Waals surface area contributed by atoms with Gasteiger partial charge in [0.1, 0.15) is 36.6 Å². The first-order chi connectivity index (χ1) is 41.6. The Kier molecular flexibility index (Phi) is 20.8. The van der Waals surface area contributed by atoms with E-state index in [-0.39, 0.29) is 42.3 Å². The fraction of sp³-hybridized carbons (Fsp3) is 0.630. The molecular weight excluding hydrogens is 1300 g/mol. The Morgan fingerprint density at radius 2 is 1.07 bits per heavy atom. The summed E-state index contributed by atoms with van der Waals surface area (Å²) >= 11 is 12.8. The Morgan fingerprint density at radius 1 is 0.633 bits per heavy atom. The van der Waals surface area contributed by atoms with Crippen LogP contribution < -0.4 is 9.80 Å². The van der Waals surface area contributed by atoms with E-state index in [9.17, 15) is 28.5 Å². The summed E-state index contributed by atoms with van der Waals surface area (Å²) in [6.45, 7) is 13.1. The first-order valence-electron chi connectivity index (χ1n) is 28.4. The number of anilines is 2. The molecule has 12 atom stereocenters. The van der Waals surface area contributed by atoms with Crippen LogP contribution in [0.5, 0.6) is 0 Å². The summed E-state index contributed by atoms with van der Waals surface area (Å²) < 4.78 is 112. The van der Waals surface area contributed by atoms with Gasteiger partial charge in [0, 0.05) is 28.3 Å². The average Bonchev–Trinajstić information content (AvgIpc) is 1.58. The third-order valence-corrected chi connectivity index (χ3v) is 25.1. The fourth-order valence-electron chi connectivity index (χ4n) is 11.7. The third-order valence-electron chi connectivity index (χ3n) is 15.3. The van der Waals surface area contributed by atoms with E-state index in [1.165, 1.54) is 34.0 Å². The van der Waals surface area contributed by atoms with Crippen molar-refractivity contribution in [2.75, 3.05) is 63.1 Å². The number of aromatic nitrogens is 10. The highest BCUT2D eigenvalue weighted by Crippen LogP contribution is 2.67. The van der Waals surface area contributed by atoms with Crippen molar-refractivity contribution >= 4 is 87.5 Å². The number of aryl methyl sites for hydroxylation is 2. The van der Waals surface area contributed by atoms with Crippen LogP contribution in [0.25, 0.3) is 22.3 Å². The van der Waals surface area contributed by atoms with E-state index in [1.807, 2.05) is 43.3 Å². The van der Waals surface area contributed by atoms with Crippen molar-refractivity contribution in [2.45, 2.75) is 167 Å². The van der Waals surface area contributed by atoms with Crippen LogP contribution in [0.3, 0.4) is 0 Å². The minimum Gasteiger partial charge on any atom is -0.387 e. The zero-order valence-electron chi connectivity index (χ0n) is 51.0. The standard InChI is InChI=1S/C32H47ClN6O9P2.C21H27ClN6O9P2.CH4/c1-30(2,3)47-50(41,48-31(4,5)6)18-49(40,42-10)43-17-22-24-25(46-32(7,8)45-24)28(44-22)39-27-23(36-37-39)26(34-29(33)35-27)38(9)21-16-15-19-13-11-12-14-20(19)21;1-27(13-8-7-11-5-3-4-6-12(11)13)18-15-19(24-21(22)23-18)28(26-25-15)20-17(30)16(29)14(37-20)9-36-39(34,35-2)10-38(31,32)33;/h11-14,21-22,24-25,28H,15-18H2,1-10H3;3-6,13-14,16-17,20,29-30H,7-10H2,1-2H3,(H2,31,32,33);1H4/t21-,22+,24+,25+,28+,49?;13-,14+,16+,17+,20+,39?;/m00./s1. The number of aliphatic hydroxyl groups excluding tert-OH is 2. The van der Waals surface area contributed by atoms with Crippen LogP contribution in [0.4, 0.5) is 11.6 Å². The second-order valence-electron chi connectivity index (χ2n) is 24.6. The largest absolute Gasteiger partial charge is 0.387 e. The van der Waals surface area contributed by atoms with Crippen molar-refractivity contribution in [3.8, 4) is 0 Å². The number of halogens is 2. The van der Waals surface area contributed by atoms with Crippen molar-refractivity contribution in [1.29, 1.82) is 0 Å². The van der Waals surface area contributed by atoms with E-state index in [2.05, 4.69) is 74.2 Å². The van der Waals surface area contributed by atoms with Gasteiger partial charge in [-0.05, 0) is 127 Å². The second kappa shape index (κ2) is 26.6. The minimum atomic E-state index is -4.73. The number of hydrogen-bond acceptors (Lipinski definition) is 26. The van der Waals surface area contributed by atoms with Crippen molar-refractivity contribution in [1.82, 2.24) is 49.9 Å². The summed E-state index contributed by atoms with van der Waals surface area (Å²) in [4.78, 5) is 40.0. The Morgan fingerprint density at radius 3 is 1.53 bits per heavy atom. The smallest absolute Gasteiger partial charge is 0.343 e. The molecule has 0 saturated carbocycles. The van der Waals surface area contributed by atoms with E-state index in [0.29, 0.717) is 28.3 Å². The first kappa shape index (κ1) is 70.3. The Bertz CT molecular complexity index is 3760. The van der Waals surface area contributed by atoms with Gasteiger partial charge in [-0.2, -0.15) is 29.3 Å². The van der Waals surface area contributed by atoms with E-state index < -0.39 is 115 Å². The molecule has 90 heavy (non-hydrogen) atoms. The number of ether oxygens (including phenoxy) is 4. The molecule has 496 valence electrons. The van der Waals surface area contributed by atoms with Crippen LogP contribution in [0.1, 0.15) is 122 Å². The van der Waals surface area contributed by atoms with E-state index in [0.717, 1.165) is 37.5 Å². The third kappa shape index (κ3) is 15.4. The highest BCUT2D eigenvalue weighted by atomic mass is 35.5. The monoisotopic (exact) mass is 1380 g/mol. The lowest BCUT2D eigenvalue weighted by Crippen LogP contribution is -2.34. The SMILES string of the molecule is C.COP(=O)(CP(=O)(O)O)OC[C@H]1O[C@@H](n2nnc3c(N(C)[C@H]4CCc5ccccc54)nc(Cl)nc32)[C@H](O)[C@@H]1O.COP(=O)(CP(=O)(OC(C)(C)C)OC(C)(C)C)OC[C@H]1O[C@@H](n2nnc3c(N(C)[C@H]4CCc5ccccc54)nc(Cl)nc32)[C@@H]2OC(C)(C)O[C@@H]21. The lowest BCUT2D eigenvalue weighted by Gasteiger charge is -2.33. The molecule has 2 aliphatic carbocycles.